The molecule has 3 nitrogen and oxygen atoms in total. The summed E-state index contributed by atoms with van der Waals surface area (Å²) >= 11 is 0. The van der Waals surface area contributed by atoms with Gasteiger partial charge < -0.3 is 10.6 Å². The molecule has 0 bridgehead atoms. The number of rotatable bonds is 5. The summed E-state index contributed by atoms with van der Waals surface area (Å²) in [6, 6.07) is 0.200. The molecule has 0 aromatic rings. The van der Waals surface area contributed by atoms with Crippen LogP contribution in [0.4, 0.5) is 4.79 Å². The summed E-state index contributed by atoms with van der Waals surface area (Å²) in [7, 11) is 0. The first-order valence-corrected chi connectivity index (χ1v) is 6.31. The van der Waals surface area contributed by atoms with Crippen molar-refractivity contribution in [1.82, 2.24) is 4.90 Å². The predicted octanol–water partition coefficient (Wildman–Crippen LogP) is 2.89. The van der Waals surface area contributed by atoms with E-state index in [2.05, 4.69) is 6.92 Å². The Labute approximate surface area is 93.0 Å². The number of nitrogens with zero attached hydrogens (tertiary/aromatic N) is 1. The lowest BCUT2D eigenvalue weighted by Crippen LogP contribution is -2.45. The zero-order valence-corrected chi connectivity index (χ0v) is 9.87. The Morgan fingerprint density at radius 1 is 1.27 bits per heavy atom. The van der Waals surface area contributed by atoms with Gasteiger partial charge in [-0.1, -0.05) is 39.0 Å². The molecular formula is C12H24N2O. The summed E-state index contributed by atoms with van der Waals surface area (Å²) in [5.41, 5.74) is 5.44. The molecule has 1 aliphatic rings. The smallest absolute Gasteiger partial charge is 0.315 e. The first kappa shape index (κ1) is 12.3. The van der Waals surface area contributed by atoms with Crippen molar-refractivity contribution in [2.45, 2.75) is 64.3 Å². The number of urea groups is 1. The van der Waals surface area contributed by atoms with Gasteiger partial charge in [0.15, 0.2) is 0 Å². The summed E-state index contributed by atoms with van der Waals surface area (Å²) in [6.45, 7) is 3.03. The van der Waals surface area contributed by atoms with E-state index in [-0.39, 0.29) is 6.03 Å². The summed E-state index contributed by atoms with van der Waals surface area (Å²) in [4.78, 5) is 13.2. The van der Waals surface area contributed by atoms with Crippen LogP contribution in [0.15, 0.2) is 0 Å². The van der Waals surface area contributed by atoms with Crippen LogP contribution >= 0.6 is 0 Å². The van der Waals surface area contributed by atoms with Gasteiger partial charge in [-0.25, -0.2) is 4.79 Å². The van der Waals surface area contributed by atoms with E-state index in [0.717, 1.165) is 25.8 Å². The zero-order valence-electron chi connectivity index (χ0n) is 9.87. The molecule has 0 heterocycles. The lowest BCUT2D eigenvalue weighted by Gasteiger charge is -2.33. The monoisotopic (exact) mass is 212 g/mol. The fourth-order valence-electron chi connectivity index (χ4n) is 2.40. The average Bonchev–Trinajstić information content (AvgIpc) is 2.25. The van der Waals surface area contributed by atoms with Crippen LogP contribution in [0.25, 0.3) is 0 Å². The lowest BCUT2D eigenvalue weighted by molar-refractivity contribution is 0.162. The molecule has 0 saturated heterocycles. The van der Waals surface area contributed by atoms with Gasteiger partial charge in [0.1, 0.15) is 0 Å². The number of unbranched alkanes of at least 4 members (excludes halogenated alkanes) is 2. The normalized spacial score (nSPS) is 17.7. The van der Waals surface area contributed by atoms with Crippen molar-refractivity contribution >= 4 is 6.03 Å². The molecule has 1 saturated carbocycles. The van der Waals surface area contributed by atoms with Gasteiger partial charge in [-0.3, -0.25) is 0 Å². The third-order valence-corrected chi connectivity index (χ3v) is 3.30. The number of hydrogen-bond donors (Lipinski definition) is 1. The van der Waals surface area contributed by atoms with Crippen molar-refractivity contribution in [3.05, 3.63) is 0 Å². The minimum atomic E-state index is -0.224. The molecule has 2 amide bonds. The fourth-order valence-corrected chi connectivity index (χ4v) is 2.40. The van der Waals surface area contributed by atoms with Gasteiger partial charge >= 0.3 is 6.03 Å². The summed E-state index contributed by atoms with van der Waals surface area (Å²) in [6.07, 6.45) is 9.59. The van der Waals surface area contributed by atoms with Crippen LogP contribution in [0.2, 0.25) is 0 Å². The Morgan fingerprint density at radius 3 is 2.47 bits per heavy atom. The predicted molar refractivity (Wildman–Crippen MR) is 62.7 cm³/mol. The Balaban J connectivity index is 2.37. The van der Waals surface area contributed by atoms with Crippen molar-refractivity contribution in [2.24, 2.45) is 5.73 Å². The van der Waals surface area contributed by atoms with E-state index in [1.807, 2.05) is 4.90 Å². The topological polar surface area (TPSA) is 46.3 Å². The third-order valence-electron chi connectivity index (χ3n) is 3.30. The number of primary amides is 1. The SMILES string of the molecule is CCCCCN(C(N)=O)C1CCCCC1. The molecule has 3 heteroatoms. The zero-order chi connectivity index (χ0) is 11.1. The molecule has 88 valence electrons. The van der Waals surface area contributed by atoms with Crippen LogP contribution in [-0.4, -0.2) is 23.5 Å². The molecule has 0 radical (unpaired) electrons. The molecule has 0 spiro atoms. The minimum Gasteiger partial charge on any atom is -0.351 e. The van der Waals surface area contributed by atoms with E-state index in [4.69, 9.17) is 5.73 Å². The van der Waals surface area contributed by atoms with Crippen molar-refractivity contribution in [3.8, 4) is 0 Å². The van der Waals surface area contributed by atoms with E-state index >= 15 is 0 Å². The summed E-state index contributed by atoms with van der Waals surface area (Å²) in [5.74, 6) is 0. The highest BCUT2D eigenvalue weighted by atomic mass is 16.2. The van der Waals surface area contributed by atoms with E-state index < -0.39 is 0 Å². The van der Waals surface area contributed by atoms with Crippen LogP contribution in [-0.2, 0) is 0 Å². The van der Waals surface area contributed by atoms with Gasteiger partial charge in [0.2, 0.25) is 0 Å². The molecule has 0 unspecified atom stereocenters. The maximum atomic E-state index is 11.3. The van der Waals surface area contributed by atoms with Gasteiger partial charge in [-0.05, 0) is 19.3 Å². The Hall–Kier alpha value is -0.730. The van der Waals surface area contributed by atoms with Crippen LogP contribution < -0.4 is 5.73 Å². The van der Waals surface area contributed by atoms with E-state index in [0.29, 0.717) is 6.04 Å². The summed E-state index contributed by atoms with van der Waals surface area (Å²) in [5, 5.41) is 0. The molecular weight excluding hydrogens is 188 g/mol. The number of nitrogens with two attached hydrogens (primary N) is 1. The van der Waals surface area contributed by atoms with Crippen LogP contribution in [0.5, 0.6) is 0 Å². The highest BCUT2D eigenvalue weighted by Crippen LogP contribution is 2.22. The van der Waals surface area contributed by atoms with Gasteiger partial charge in [0, 0.05) is 12.6 Å². The fraction of sp³-hybridized carbons (Fsp3) is 0.917. The highest BCUT2D eigenvalue weighted by molar-refractivity contribution is 5.72. The second-order valence-electron chi connectivity index (χ2n) is 4.53. The molecule has 2 N–H and O–H groups in total. The largest absolute Gasteiger partial charge is 0.351 e. The summed E-state index contributed by atoms with van der Waals surface area (Å²) < 4.78 is 0. The second kappa shape index (κ2) is 6.70. The van der Waals surface area contributed by atoms with Gasteiger partial charge in [0.25, 0.3) is 0 Å². The van der Waals surface area contributed by atoms with Crippen LogP contribution in [0.3, 0.4) is 0 Å². The minimum absolute atomic E-state index is 0.224. The maximum Gasteiger partial charge on any atom is 0.315 e. The van der Waals surface area contributed by atoms with Gasteiger partial charge in [-0.2, -0.15) is 0 Å². The quantitative estimate of drug-likeness (QED) is 0.700. The lowest BCUT2D eigenvalue weighted by atomic mass is 9.94. The van der Waals surface area contributed by atoms with Crippen molar-refractivity contribution in [3.63, 3.8) is 0 Å². The number of carbonyl (C=O) groups excluding carboxylic acids is 1. The molecule has 0 aromatic carbocycles. The molecule has 1 fully saturated rings. The number of amides is 2. The van der Waals surface area contributed by atoms with Crippen LogP contribution in [0, 0.1) is 0 Å². The standard InChI is InChI=1S/C12H24N2O/c1-2-3-7-10-14(12(13)15)11-8-5-4-6-9-11/h11H,2-10H2,1H3,(H2,13,15). The van der Waals surface area contributed by atoms with E-state index in [1.165, 1.54) is 32.1 Å². The first-order valence-electron chi connectivity index (χ1n) is 6.31. The molecule has 15 heavy (non-hydrogen) atoms. The third kappa shape index (κ3) is 4.10. The molecule has 0 aromatic heterocycles. The maximum absolute atomic E-state index is 11.3. The van der Waals surface area contributed by atoms with Crippen molar-refractivity contribution in [1.29, 1.82) is 0 Å². The molecule has 1 rings (SSSR count). The molecule has 1 aliphatic carbocycles. The number of carbonyl (C=O) groups is 1. The Bertz CT molecular complexity index is 188. The second-order valence-corrected chi connectivity index (χ2v) is 4.53. The van der Waals surface area contributed by atoms with E-state index in [1.54, 1.807) is 0 Å². The first-order chi connectivity index (χ1) is 7.25. The highest BCUT2D eigenvalue weighted by Gasteiger charge is 2.22. The number of hydrogen-bond acceptors (Lipinski definition) is 1. The van der Waals surface area contributed by atoms with Gasteiger partial charge in [0.05, 0.1) is 0 Å². The Morgan fingerprint density at radius 2 is 1.93 bits per heavy atom. The van der Waals surface area contributed by atoms with Gasteiger partial charge in [-0.15, -0.1) is 0 Å². The van der Waals surface area contributed by atoms with Crippen LogP contribution in [0.1, 0.15) is 58.3 Å². The molecule has 0 aliphatic heterocycles. The van der Waals surface area contributed by atoms with E-state index in [9.17, 15) is 4.79 Å². The average molecular weight is 212 g/mol. The Kier molecular flexibility index (Phi) is 5.51. The van der Waals surface area contributed by atoms with Crippen molar-refractivity contribution < 1.29 is 4.79 Å². The van der Waals surface area contributed by atoms with Crippen molar-refractivity contribution in [2.75, 3.05) is 6.54 Å². The molecule has 0 atom stereocenters.